The number of nitrogens with zero attached hydrogens (tertiary/aromatic N) is 3. The number of benzene rings is 3. The molecule has 3 aromatic carbocycles. The van der Waals surface area contributed by atoms with Gasteiger partial charge in [-0.2, -0.15) is 5.10 Å². The Kier molecular flexibility index (Phi) is 4.03. The fourth-order valence-corrected chi connectivity index (χ4v) is 6.09. The lowest BCUT2D eigenvalue weighted by atomic mass is 10.1. The van der Waals surface area contributed by atoms with Crippen molar-refractivity contribution in [3.63, 3.8) is 0 Å². The van der Waals surface area contributed by atoms with E-state index in [1.54, 1.807) is 24.3 Å². The summed E-state index contributed by atoms with van der Waals surface area (Å²) in [6, 6.07) is 21.1. The van der Waals surface area contributed by atoms with Crippen LogP contribution < -0.4 is 4.90 Å². The maximum absolute atomic E-state index is 12.9. The molecule has 0 radical (unpaired) electrons. The van der Waals surface area contributed by atoms with Gasteiger partial charge in [0.05, 0.1) is 28.0 Å². The van der Waals surface area contributed by atoms with Crippen LogP contribution in [0.15, 0.2) is 72.9 Å². The van der Waals surface area contributed by atoms with Crippen molar-refractivity contribution in [2.75, 3.05) is 4.90 Å². The van der Waals surface area contributed by atoms with Gasteiger partial charge in [0.2, 0.25) is 0 Å². The van der Waals surface area contributed by atoms with Crippen LogP contribution in [0.5, 0.6) is 0 Å². The number of aromatic amines is 1. The first-order valence-electron chi connectivity index (χ1n) is 10.9. The number of amides is 2. The molecule has 0 fully saturated rings. The standard InChI is InChI=1S/C26H22N4O2Si/c1-33(2,3)29-13-12-16-8-9-17(14-23(16)29)24-21-11-10-18(15-22(21)27-28-24)30-25(31)19-6-4-5-7-20(19)26(30)32/h4-15H,1-3H3,(H,27,28). The van der Waals surface area contributed by atoms with Crippen molar-refractivity contribution >= 4 is 47.5 Å². The summed E-state index contributed by atoms with van der Waals surface area (Å²) in [4.78, 5) is 27.0. The van der Waals surface area contributed by atoms with Gasteiger partial charge in [-0.1, -0.05) is 43.9 Å². The average molecular weight is 451 g/mol. The van der Waals surface area contributed by atoms with Crippen LogP contribution in [0.4, 0.5) is 5.69 Å². The van der Waals surface area contributed by atoms with E-state index in [0.29, 0.717) is 16.8 Å². The maximum atomic E-state index is 12.9. The van der Waals surface area contributed by atoms with Gasteiger partial charge in [-0.3, -0.25) is 14.7 Å². The molecule has 6 nitrogen and oxygen atoms in total. The number of anilines is 1. The third kappa shape index (κ3) is 2.89. The second-order valence-corrected chi connectivity index (χ2v) is 14.2. The highest BCUT2D eigenvalue weighted by molar-refractivity contribution is 6.75. The molecule has 7 heteroatoms. The molecular weight excluding hydrogens is 428 g/mol. The molecule has 0 aliphatic carbocycles. The Morgan fingerprint density at radius 3 is 2.27 bits per heavy atom. The number of H-pyrrole nitrogens is 1. The van der Waals surface area contributed by atoms with Gasteiger partial charge in [-0.05, 0) is 54.0 Å². The van der Waals surface area contributed by atoms with Gasteiger partial charge in [0, 0.05) is 16.5 Å². The predicted octanol–water partition coefficient (Wildman–Crippen LogP) is 5.67. The van der Waals surface area contributed by atoms with E-state index in [2.05, 4.69) is 64.5 Å². The molecule has 162 valence electrons. The molecule has 0 saturated carbocycles. The van der Waals surface area contributed by atoms with Crippen molar-refractivity contribution in [3.05, 3.63) is 84.1 Å². The van der Waals surface area contributed by atoms with E-state index in [-0.39, 0.29) is 11.8 Å². The molecule has 1 N–H and O–H groups in total. The molecule has 0 spiro atoms. The molecule has 2 aromatic heterocycles. The molecule has 0 bridgehead atoms. The smallest absolute Gasteiger partial charge is 0.266 e. The normalized spacial score (nSPS) is 14.0. The van der Waals surface area contributed by atoms with E-state index in [1.807, 2.05) is 18.2 Å². The molecule has 1 aliphatic rings. The molecule has 1 aliphatic heterocycles. The van der Waals surface area contributed by atoms with Crippen LogP contribution in [0.1, 0.15) is 20.7 Å². The van der Waals surface area contributed by atoms with Crippen LogP contribution in [0.3, 0.4) is 0 Å². The number of hydrogen-bond acceptors (Lipinski definition) is 3. The zero-order valence-corrected chi connectivity index (χ0v) is 19.6. The number of carbonyl (C=O) groups excluding carboxylic acids is 2. The Balaban J connectivity index is 1.43. The number of imide groups is 1. The summed E-state index contributed by atoms with van der Waals surface area (Å²) in [6.07, 6.45) is 2.18. The lowest BCUT2D eigenvalue weighted by molar-refractivity contribution is 0.0926. The molecule has 6 rings (SSSR count). The summed E-state index contributed by atoms with van der Waals surface area (Å²) in [5.74, 6) is -0.598. The Labute approximate surface area is 191 Å². The SMILES string of the molecule is C[Si](C)(C)n1ccc2ccc(-c3n[nH]c4cc(N5C(=O)c6ccccc6C5=O)ccc34)cc21. The van der Waals surface area contributed by atoms with Gasteiger partial charge in [-0.25, -0.2) is 4.90 Å². The van der Waals surface area contributed by atoms with Gasteiger partial charge >= 0.3 is 0 Å². The quantitative estimate of drug-likeness (QED) is 0.284. The Morgan fingerprint density at radius 1 is 0.848 bits per heavy atom. The summed E-state index contributed by atoms with van der Waals surface area (Å²) in [6.45, 7) is 6.97. The number of nitrogens with one attached hydrogen (secondary N) is 1. The monoisotopic (exact) mass is 450 g/mol. The molecule has 2 amide bonds. The molecule has 0 unspecified atom stereocenters. The summed E-state index contributed by atoms with van der Waals surface area (Å²) in [5, 5.41) is 9.84. The van der Waals surface area contributed by atoms with E-state index in [1.165, 1.54) is 15.8 Å². The first-order valence-corrected chi connectivity index (χ1v) is 14.4. The van der Waals surface area contributed by atoms with Gasteiger partial charge in [0.1, 0.15) is 0 Å². The van der Waals surface area contributed by atoms with Crippen molar-refractivity contribution in [1.82, 2.24) is 14.4 Å². The fraction of sp³-hybridized carbons (Fsp3) is 0.115. The lowest BCUT2D eigenvalue weighted by Crippen LogP contribution is -2.30. The van der Waals surface area contributed by atoms with Gasteiger partial charge in [0.15, 0.2) is 8.24 Å². The van der Waals surface area contributed by atoms with E-state index in [9.17, 15) is 9.59 Å². The molecule has 0 atom stereocenters. The van der Waals surface area contributed by atoms with Crippen LogP contribution in [-0.2, 0) is 0 Å². The van der Waals surface area contributed by atoms with E-state index >= 15 is 0 Å². The van der Waals surface area contributed by atoms with Crippen molar-refractivity contribution in [3.8, 4) is 11.3 Å². The predicted molar refractivity (Wildman–Crippen MR) is 133 cm³/mol. The summed E-state index contributed by atoms with van der Waals surface area (Å²) in [7, 11) is -1.55. The number of hydrogen-bond donors (Lipinski definition) is 1. The second-order valence-electron chi connectivity index (χ2n) is 9.42. The van der Waals surface area contributed by atoms with Crippen molar-refractivity contribution < 1.29 is 9.59 Å². The highest BCUT2D eigenvalue weighted by atomic mass is 28.3. The van der Waals surface area contributed by atoms with Gasteiger partial charge in [0.25, 0.3) is 11.8 Å². The molecule has 5 aromatic rings. The molecule has 33 heavy (non-hydrogen) atoms. The third-order valence-corrected chi connectivity index (χ3v) is 8.12. The Hall–Kier alpha value is -3.97. The molecular formula is C26H22N4O2Si. The van der Waals surface area contributed by atoms with Crippen LogP contribution in [0.2, 0.25) is 19.6 Å². The Bertz CT molecular complexity index is 1570. The second kappa shape index (κ2) is 6.76. The van der Waals surface area contributed by atoms with Crippen molar-refractivity contribution in [1.29, 1.82) is 0 Å². The summed E-state index contributed by atoms with van der Waals surface area (Å²) >= 11 is 0. The van der Waals surface area contributed by atoms with Crippen LogP contribution in [0, 0.1) is 0 Å². The fourth-order valence-electron chi connectivity index (χ4n) is 4.65. The first-order chi connectivity index (χ1) is 15.8. The van der Waals surface area contributed by atoms with Gasteiger partial charge < -0.3 is 4.23 Å². The minimum atomic E-state index is -1.55. The summed E-state index contributed by atoms with van der Waals surface area (Å²) in [5.41, 5.74) is 5.28. The first kappa shape index (κ1) is 19.7. The van der Waals surface area contributed by atoms with E-state index in [4.69, 9.17) is 0 Å². The Morgan fingerprint density at radius 2 is 1.58 bits per heavy atom. The van der Waals surface area contributed by atoms with E-state index in [0.717, 1.165) is 22.2 Å². The summed E-state index contributed by atoms with van der Waals surface area (Å²) < 4.78 is 2.40. The third-order valence-electron chi connectivity index (χ3n) is 6.29. The van der Waals surface area contributed by atoms with E-state index < -0.39 is 8.24 Å². The van der Waals surface area contributed by atoms with Crippen molar-refractivity contribution in [2.45, 2.75) is 19.6 Å². The minimum absolute atomic E-state index is 0.299. The van der Waals surface area contributed by atoms with Crippen LogP contribution in [0.25, 0.3) is 33.1 Å². The highest BCUT2D eigenvalue weighted by Gasteiger charge is 2.36. The molecule has 0 saturated heterocycles. The highest BCUT2D eigenvalue weighted by Crippen LogP contribution is 2.34. The maximum Gasteiger partial charge on any atom is 0.266 e. The topological polar surface area (TPSA) is 71.0 Å². The van der Waals surface area contributed by atoms with Crippen molar-refractivity contribution in [2.24, 2.45) is 0 Å². The van der Waals surface area contributed by atoms with Gasteiger partial charge in [-0.15, -0.1) is 0 Å². The zero-order valence-electron chi connectivity index (χ0n) is 18.6. The van der Waals surface area contributed by atoms with Crippen LogP contribution >= 0.6 is 0 Å². The minimum Gasteiger partial charge on any atom is -0.375 e. The number of rotatable bonds is 3. The largest absolute Gasteiger partial charge is 0.375 e. The van der Waals surface area contributed by atoms with Crippen LogP contribution in [-0.4, -0.2) is 34.5 Å². The number of aromatic nitrogens is 3. The number of carbonyl (C=O) groups is 2. The zero-order chi connectivity index (χ0) is 22.9. The lowest BCUT2D eigenvalue weighted by Gasteiger charge is -2.20. The average Bonchev–Trinajstić information content (AvgIpc) is 3.48. The molecule has 3 heterocycles. The number of fused-ring (bicyclic) bond motifs is 3.